The van der Waals surface area contributed by atoms with Crippen molar-refractivity contribution in [2.45, 2.75) is 26.7 Å². The molecule has 1 heterocycles. The van der Waals surface area contributed by atoms with Crippen LogP contribution in [-0.4, -0.2) is 67.0 Å². The maximum Gasteiger partial charge on any atom is 0.307 e. The van der Waals surface area contributed by atoms with Gasteiger partial charge in [0.25, 0.3) is 0 Å². The fraction of sp³-hybridized carbons (Fsp3) is 0.733. The van der Waals surface area contributed by atoms with Gasteiger partial charge in [-0.25, -0.2) is 8.42 Å². The fourth-order valence-corrected chi connectivity index (χ4v) is 4.11. The van der Waals surface area contributed by atoms with Gasteiger partial charge in [0.05, 0.1) is 18.1 Å². The molecular weight excluding hydrogens is 320 g/mol. The molecule has 0 aromatic carbocycles. The summed E-state index contributed by atoms with van der Waals surface area (Å²) >= 11 is 0. The molecule has 0 aromatic heterocycles. The zero-order valence-corrected chi connectivity index (χ0v) is 14.6. The molecule has 7 nitrogen and oxygen atoms in total. The second-order valence-electron chi connectivity index (χ2n) is 6.51. The summed E-state index contributed by atoms with van der Waals surface area (Å²) < 4.78 is 24.4. The molecule has 2 atom stereocenters. The number of carbonyl (C=O) groups excluding carboxylic acids is 1. The van der Waals surface area contributed by atoms with E-state index in [1.807, 2.05) is 13.8 Å². The van der Waals surface area contributed by atoms with E-state index in [1.54, 1.807) is 4.90 Å². The van der Waals surface area contributed by atoms with Crippen molar-refractivity contribution >= 4 is 21.9 Å². The molecule has 2 unspecified atom stereocenters. The van der Waals surface area contributed by atoms with Gasteiger partial charge in [0, 0.05) is 26.2 Å². The summed E-state index contributed by atoms with van der Waals surface area (Å²) in [6, 6.07) is 0. The summed E-state index contributed by atoms with van der Waals surface area (Å²) in [5.41, 5.74) is 2.12. The molecule has 1 saturated heterocycles. The van der Waals surface area contributed by atoms with Gasteiger partial charge in [-0.05, 0) is 26.7 Å². The molecule has 2 aliphatic rings. The predicted octanol–water partition coefficient (Wildman–Crippen LogP) is 0.537. The number of hydrogen-bond donors (Lipinski definition) is 1. The van der Waals surface area contributed by atoms with Crippen LogP contribution < -0.4 is 0 Å². The van der Waals surface area contributed by atoms with E-state index in [2.05, 4.69) is 0 Å². The van der Waals surface area contributed by atoms with Gasteiger partial charge in [-0.2, -0.15) is 4.31 Å². The highest BCUT2D eigenvalue weighted by molar-refractivity contribution is 7.88. The Bertz CT molecular complexity index is 632. The van der Waals surface area contributed by atoms with E-state index in [1.165, 1.54) is 4.31 Å². The van der Waals surface area contributed by atoms with Crippen molar-refractivity contribution in [3.05, 3.63) is 11.1 Å². The minimum atomic E-state index is -3.25. The molecule has 23 heavy (non-hydrogen) atoms. The molecule has 0 saturated carbocycles. The fourth-order valence-electron chi connectivity index (χ4n) is 3.29. The summed E-state index contributed by atoms with van der Waals surface area (Å²) in [5, 5.41) is 9.43. The summed E-state index contributed by atoms with van der Waals surface area (Å²) in [6.07, 6.45) is 2.03. The van der Waals surface area contributed by atoms with Crippen molar-refractivity contribution in [2.24, 2.45) is 11.8 Å². The van der Waals surface area contributed by atoms with Gasteiger partial charge in [-0.3, -0.25) is 9.59 Å². The Hall–Kier alpha value is -1.41. The number of rotatable bonds is 3. The summed E-state index contributed by atoms with van der Waals surface area (Å²) in [7, 11) is -3.25. The summed E-state index contributed by atoms with van der Waals surface area (Å²) in [4.78, 5) is 25.9. The van der Waals surface area contributed by atoms with Crippen molar-refractivity contribution < 1.29 is 23.1 Å². The van der Waals surface area contributed by atoms with Crippen LogP contribution in [0.4, 0.5) is 0 Å². The number of amides is 1. The Kier molecular flexibility index (Phi) is 5.15. The first-order valence-electron chi connectivity index (χ1n) is 7.73. The van der Waals surface area contributed by atoms with Crippen LogP contribution in [-0.2, 0) is 19.6 Å². The first kappa shape index (κ1) is 17.9. The number of allylic oxidation sites excluding steroid dienone is 2. The maximum absolute atomic E-state index is 12.7. The minimum Gasteiger partial charge on any atom is -0.481 e. The average molecular weight is 344 g/mol. The van der Waals surface area contributed by atoms with E-state index in [4.69, 9.17) is 0 Å². The first-order valence-corrected chi connectivity index (χ1v) is 9.58. The van der Waals surface area contributed by atoms with E-state index in [0.717, 1.165) is 17.4 Å². The van der Waals surface area contributed by atoms with Crippen LogP contribution in [0, 0.1) is 11.8 Å². The smallest absolute Gasteiger partial charge is 0.307 e. The van der Waals surface area contributed by atoms with Gasteiger partial charge in [-0.1, -0.05) is 11.1 Å². The van der Waals surface area contributed by atoms with Crippen LogP contribution >= 0.6 is 0 Å². The molecule has 0 spiro atoms. The molecule has 0 bridgehead atoms. The van der Waals surface area contributed by atoms with Crippen LogP contribution in [0.5, 0.6) is 0 Å². The molecule has 1 amide bonds. The van der Waals surface area contributed by atoms with Crippen molar-refractivity contribution in [3.8, 4) is 0 Å². The molecule has 8 heteroatoms. The van der Waals surface area contributed by atoms with Gasteiger partial charge in [0.15, 0.2) is 0 Å². The van der Waals surface area contributed by atoms with E-state index < -0.39 is 27.8 Å². The van der Waals surface area contributed by atoms with Crippen molar-refractivity contribution in [2.75, 3.05) is 32.4 Å². The van der Waals surface area contributed by atoms with Gasteiger partial charge in [-0.15, -0.1) is 0 Å². The highest BCUT2D eigenvalue weighted by Crippen LogP contribution is 2.35. The molecule has 1 N–H and O–H groups in total. The SMILES string of the molecule is CC1=C(C)CC(C(=O)N2CCN(S(C)(=O)=O)CC2)C(C(=O)O)C1. The van der Waals surface area contributed by atoms with E-state index >= 15 is 0 Å². The number of carbonyl (C=O) groups is 2. The lowest BCUT2D eigenvalue weighted by Gasteiger charge is -2.38. The number of piperazine rings is 1. The van der Waals surface area contributed by atoms with E-state index in [-0.39, 0.29) is 19.0 Å². The zero-order valence-electron chi connectivity index (χ0n) is 13.8. The molecule has 0 aromatic rings. The van der Waals surface area contributed by atoms with Crippen LogP contribution in [0.2, 0.25) is 0 Å². The van der Waals surface area contributed by atoms with Gasteiger partial charge < -0.3 is 10.0 Å². The topological polar surface area (TPSA) is 95.0 Å². The summed E-state index contributed by atoms with van der Waals surface area (Å²) in [6.45, 7) is 5.02. The third-order valence-electron chi connectivity index (χ3n) is 4.92. The van der Waals surface area contributed by atoms with Crippen molar-refractivity contribution in [1.82, 2.24) is 9.21 Å². The van der Waals surface area contributed by atoms with Crippen LogP contribution in [0.3, 0.4) is 0 Å². The summed E-state index contributed by atoms with van der Waals surface area (Å²) in [5.74, 6) is -2.36. The molecule has 1 aliphatic heterocycles. The second-order valence-corrected chi connectivity index (χ2v) is 8.49. The van der Waals surface area contributed by atoms with Crippen LogP contribution in [0.15, 0.2) is 11.1 Å². The second kappa shape index (κ2) is 6.60. The number of carboxylic acids is 1. The third kappa shape index (κ3) is 3.92. The maximum atomic E-state index is 12.7. The normalized spacial score (nSPS) is 27.2. The molecule has 1 aliphatic carbocycles. The third-order valence-corrected chi connectivity index (χ3v) is 6.22. The van der Waals surface area contributed by atoms with Crippen molar-refractivity contribution in [3.63, 3.8) is 0 Å². The van der Waals surface area contributed by atoms with E-state index in [9.17, 15) is 23.1 Å². The highest BCUT2D eigenvalue weighted by Gasteiger charge is 2.40. The largest absolute Gasteiger partial charge is 0.481 e. The van der Waals surface area contributed by atoms with Crippen LogP contribution in [0.1, 0.15) is 26.7 Å². The lowest BCUT2D eigenvalue weighted by Crippen LogP contribution is -2.53. The Morgan fingerprint density at radius 1 is 1.00 bits per heavy atom. The Labute approximate surface area is 137 Å². The molecule has 1 fully saturated rings. The highest BCUT2D eigenvalue weighted by atomic mass is 32.2. The molecule has 130 valence electrons. The first-order chi connectivity index (χ1) is 10.6. The lowest BCUT2D eigenvalue weighted by atomic mass is 9.76. The monoisotopic (exact) mass is 344 g/mol. The van der Waals surface area contributed by atoms with E-state index in [0.29, 0.717) is 25.9 Å². The Morgan fingerprint density at radius 3 is 1.91 bits per heavy atom. The predicted molar refractivity (Wildman–Crippen MR) is 85.2 cm³/mol. The Morgan fingerprint density at radius 2 is 1.48 bits per heavy atom. The zero-order chi connectivity index (χ0) is 17.4. The van der Waals surface area contributed by atoms with Crippen LogP contribution in [0.25, 0.3) is 0 Å². The molecule has 0 radical (unpaired) electrons. The minimum absolute atomic E-state index is 0.169. The molecule has 2 rings (SSSR count). The molecular formula is C15H24N2O5S. The number of nitrogens with zero attached hydrogens (tertiary/aromatic N) is 2. The number of sulfonamides is 1. The Balaban J connectivity index is 2.09. The number of hydrogen-bond acceptors (Lipinski definition) is 4. The number of carboxylic acid groups (broad SMARTS) is 1. The lowest BCUT2D eigenvalue weighted by molar-refractivity contribution is -0.151. The van der Waals surface area contributed by atoms with Gasteiger partial charge in [0.2, 0.25) is 15.9 Å². The quantitative estimate of drug-likeness (QED) is 0.754. The number of aliphatic carboxylic acids is 1. The standard InChI is InChI=1S/C15H24N2O5S/c1-10-8-12(13(15(19)20)9-11(10)2)14(18)16-4-6-17(7-5-16)23(3,21)22/h12-13H,4-9H2,1-3H3,(H,19,20). The van der Waals surface area contributed by atoms with Gasteiger partial charge in [0.1, 0.15) is 0 Å². The van der Waals surface area contributed by atoms with Crippen molar-refractivity contribution in [1.29, 1.82) is 0 Å². The van der Waals surface area contributed by atoms with Gasteiger partial charge >= 0.3 is 5.97 Å². The average Bonchev–Trinajstić information content (AvgIpc) is 2.48.